The van der Waals surface area contributed by atoms with E-state index in [9.17, 15) is 19.5 Å². The fraction of sp³-hybridized carbons (Fsp3) is 0.522. The van der Waals surface area contributed by atoms with Gasteiger partial charge >= 0.3 is 6.09 Å². The number of thioether (sulfide) groups is 1. The van der Waals surface area contributed by atoms with Crippen LogP contribution < -0.4 is 10.6 Å². The number of terminal acetylenes is 1. The maximum Gasteiger partial charge on any atom is 0.408 e. The number of nitrogens with zero attached hydrogens (tertiary/aromatic N) is 1. The first-order valence-corrected chi connectivity index (χ1v) is 11.5. The highest BCUT2D eigenvalue weighted by atomic mass is 32.2. The van der Waals surface area contributed by atoms with Gasteiger partial charge in [-0.2, -0.15) is 0 Å². The largest absolute Gasteiger partial charge is 0.436 e. The van der Waals surface area contributed by atoms with E-state index in [1.807, 2.05) is 51.1 Å². The van der Waals surface area contributed by atoms with Crippen molar-refractivity contribution in [3.05, 3.63) is 35.9 Å². The first-order chi connectivity index (χ1) is 15.2. The number of carbonyl (C=O) groups is 3. The number of benzene rings is 1. The van der Waals surface area contributed by atoms with E-state index < -0.39 is 34.9 Å². The van der Waals surface area contributed by atoms with Crippen molar-refractivity contribution < 1.29 is 24.2 Å². The maximum absolute atomic E-state index is 13.3. The van der Waals surface area contributed by atoms with Gasteiger partial charge in [0, 0.05) is 11.3 Å². The van der Waals surface area contributed by atoms with Gasteiger partial charge in [-0.25, -0.2) is 4.79 Å². The topological polar surface area (TPSA) is 108 Å². The van der Waals surface area contributed by atoms with Gasteiger partial charge in [0.2, 0.25) is 5.91 Å². The Hall–Kier alpha value is -2.70. The summed E-state index contributed by atoms with van der Waals surface area (Å²) in [7, 11) is 0. The summed E-state index contributed by atoms with van der Waals surface area (Å²) in [5.41, 5.74) is 0.815. The first kappa shape index (κ1) is 25.6. The number of carbonyl (C=O) groups excluding carboxylic acids is 3. The van der Waals surface area contributed by atoms with Gasteiger partial charge in [-0.1, -0.05) is 43.2 Å². The number of ether oxygens (including phenoxy) is 1. The minimum absolute atomic E-state index is 0.190. The lowest BCUT2D eigenvalue weighted by Gasteiger charge is -2.33. The minimum Gasteiger partial charge on any atom is -0.436 e. The summed E-state index contributed by atoms with van der Waals surface area (Å²) in [6, 6.07) is 7.44. The molecule has 1 heterocycles. The van der Waals surface area contributed by atoms with E-state index in [0.717, 1.165) is 12.0 Å². The monoisotopic (exact) mass is 461 g/mol. The predicted octanol–water partition coefficient (Wildman–Crippen LogP) is 1.52. The average molecular weight is 462 g/mol. The maximum atomic E-state index is 13.3. The van der Waals surface area contributed by atoms with Crippen molar-refractivity contribution in [1.29, 1.82) is 0 Å². The zero-order chi connectivity index (χ0) is 23.7. The van der Waals surface area contributed by atoms with Gasteiger partial charge in [-0.3, -0.25) is 9.59 Å². The van der Waals surface area contributed by atoms with E-state index in [1.165, 1.54) is 16.7 Å². The van der Waals surface area contributed by atoms with Gasteiger partial charge in [0.15, 0.2) is 12.7 Å². The van der Waals surface area contributed by atoms with Gasteiger partial charge in [-0.15, -0.1) is 18.2 Å². The molecule has 2 rings (SSSR count). The Morgan fingerprint density at radius 3 is 2.66 bits per heavy atom. The second-order valence-corrected chi connectivity index (χ2v) is 9.64. The lowest BCUT2D eigenvalue weighted by atomic mass is 9.97. The van der Waals surface area contributed by atoms with E-state index >= 15 is 0 Å². The number of hydrogen-bond donors (Lipinski definition) is 3. The number of nitrogens with one attached hydrogen (secondary N) is 2. The molecule has 0 bridgehead atoms. The highest BCUT2D eigenvalue weighted by Crippen LogP contribution is 2.39. The van der Waals surface area contributed by atoms with Crippen LogP contribution in [-0.2, 0) is 20.7 Å². The third-order valence-electron chi connectivity index (χ3n) is 5.15. The molecule has 32 heavy (non-hydrogen) atoms. The van der Waals surface area contributed by atoms with Crippen LogP contribution in [0.5, 0.6) is 0 Å². The number of aliphatic hydroxyl groups excluding tert-OH is 1. The predicted molar refractivity (Wildman–Crippen MR) is 124 cm³/mol. The van der Waals surface area contributed by atoms with E-state index in [0.29, 0.717) is 6.54 Å². The molecule has 0 radical (unpaired) electrons. The molecule has 9 heteroatoms. The van der Waals surface area contributed by atoms with Gasteiger partial charge in [0.05, 0.1) is 11.9 Å². The summed E-state index contributed by atoms with van der Waals surface area (Å²) in [6.45, 7) is 6.00. The standard InChI is InChI=1S/C23H31N3O5S/c1-5-12-24-20(28)19-23(3,4)32-15-26(19)21(29)18(27)17(25-22(30)31-13-6-2)14-16-10-8-7-9-11-16/h2,7-11,17-19,27H,5,12-15H2,1,3-4H3,(H,24,28)(H,25,30). The fourth-order valence-corrected chi connectivity index (χ4v) is 4.65. The normalized spacial score (nSPS) is 18.8. The Morgan fingerprint density at radius 2 is 2.03 bits per heavy atom. The number of alkyl carbamates (subject to hydrolysis) is 1. The second kappa shape index (κ2) is 11.8. The number of hydrogen-bond acceptors (Lipinski definition) is 6. The minimum atomic E-state index is -1.58. The van der Waals surface area contributed by atoms with Crippen molar-refractivity contribution in [2.75, 3.05) is 19.0 Å². The first-order valence-electron chi connectivity index (χ1n) is 10.5. The second-order valence-electron chi connectivity index (χ2n) is 8.04. The van der Waals surface area contributed by atoms with Crippen molar-refractivity contribution in [3.8, 4) is 12.3 Å². The molecule has 8 nitrogen and oxygen atoms in total. The molecule has 3 N–H and O–H groups in total. The Balaban J connectivity index is 2.23. The molecule has 1 aliphatic rings. The summed E-state index contributed by atoms with van der Waals surface area (Å²) in [6.07, 6.45) is 3.67. The summed E-state index contributed by atoms with van der Waals surface area (Å²) in [5, 5.41) is 16.4. The Bertz CT molecular complexity index is 840. The molecule has 0 aliphatic carbocycles. The van der Waals surface area contributed by atoms with E-state index in [2.05, 4.69) is 16.6 Å². The molecule has 1 saturated heterocycles. The quantitative estimate of drug-likeness (QED) is 0.482. The van der Waals surface area contributed by atoms with Crippen LogP contribution in [0.25, 0.3) is 0 Å². The zero-order valence-corrected chi connectivity index (χ0v) is 19.5. The number of aliphatic hydroxyl groups is 1. The van der Waals surface area contributed by atoms with Crippen molar-refractivity contribution in [3.63, 3.8) is 0 Å². The highest BCUT2D eigenvalue weighted by molar-refractivity contribution is 8.00. The average Bonchev–Trinajstić information content (AvgIpc) is 3.10. The Morgan fingerprint density at radius 1 is 1.34 bits per heavy atom. The van der Waals surface area contributed by atoms with Crippen LogP contribution in [0.1, 0.15) is 32.8 Å². The zero-order valence-electron chi connectivity index (χ0n) is 18.7. The molecular weight excluding hydrogens is 430 g/mol. The SMILES string of the molecule is C#CCOC(=O)NC(Cc1ccccc1)C(O)C(=O)N1CSC(C)(C)C1C(=O)NCCC. The van der Waals surface area contributed by atoms with Crippen molar-refractivity contribution in [1.82, 2.24) is 15.5 Å². The summed E-state index contributed by atoms with van der Waals surface area (Å²) in [5.74, 6) is 1.56. The third kappa shape index (κ3) is 6.65. The lowest BCUT2D eigenvalue weighted by Crippen LogP contribution is -2.58. The summed E-state index contributed by atoms with van der Waals surface area (Å²) < 4.78 is 4.33. The van der Waals surface area contributed by atoms with Crippen LogP contribution in [0, 0.1) is 12.3 Å². The smallest absolute Gasteiger partial charge is 0.408 e. The summed E-state index contributed by atoms with van der Waals surface area (Å²) >= 11 is 1.46. The van der Waals surface area contributed by atoms with Gasteiger partial charge < -0.3 is 25.4 Å². The van der Waals surface area contributed by atoms with Crippen LogP contribution in [0.3, 0.4) is 0 Å². The fourth-order valence-electron chi connectivity index (χ4n) is 3.51. The summed E-state index contributed by atoms with van der Waals surface area (Å²) in [4.78, 5) is 39.6. The van der Waals surface area contributed by atoms with E-state index in [-0.39, 0.29) is 24.8 Å². The molecule has 1 aliphatic heterocycles. The van der Waals surface area contributed by atoms with E-state index in [1.54, 1.807) is 0 Å². The number of rotatable bonds is 9. The molecule has 0 aromatic heterocycles. The van der Waals surface area contributed by atoms with Crippen LogP contribution in [0.4, 0.5) is 4.79 Å². The molecule has 1 aromatic carbocycles. The van der Waals surface area contributed by atoms with Crippen LogP contribution in [0.15, 0.2) is 30.3 Å². The van der Waals surface area contributed by atoms with Gasteiger partial charge in [0.25, 0.3) is 5.91 Å². The third-order valence-corrected chi connectivity index (χ3v) is 6.52. The molecule has 0 saturated carbocycles. The lowest BCUT2D eigenvalue weighted by molar-refractivity contribution is -0.147. The Kier molecular flexibility index (Phi) is 9.42. The van der Waals surface area contributed by atoms with Crippen molar-refractivity contribution in [2.24, 2.45) is 0 Å². The molecule has 1 fully saturated rings. The number of amides is 3. The molecule has 174 valence electrons. The van der Waals surface area contributed by atoms with Crippen LogP contribution in [0.2, 0.25) is 0 Å². The van der Waals surface area contributed by atoms with Crippen molar-refractivity contribution in [2.45, 2.75) is 56.5 Å². The Labute approximate surface area is 193 Å². The molecular formula is C23H31N3O5S. The molecule has 0 spiro atoms. The molecule has 1 aromatic rings. The van der Waals surface area contributed by atoms with Crippen LogP contribution in [-0.4, -0.2) is 69.9 Å². The van der Waals surface area contributed by atoms with E-state index in [4.69, 9.17) is 11.2 Å². The van der Waals surface area contributed by atoms with Crippen LogP contribution >= 0.6 is 11.8 Å². The molecule has 3 atom stereocenters. The van der Waals surface area contributed by atoms with Crippen molar-refractivity contribution >= 4 is 29.7 Å². The molecule has 3 unspecified atom stereocenters. The highest BCUT2D eigenvalue weighted by Gasteiger charge is 2.49. The van der Waals surface area contributed by atoms with Gasteiger partial charge in [-0.05, 0) is 32.3 Å². The van der Waals surface area contributed by atoms with Gasteiger partial charge in [0.1, 0.15) is 6.04 Å². The molecule has 3 amide bonds.